The SMILES string of the molecule is O=C1C[C@H]2C[C@@H](O)[C@H](C=CC(O)Cc3ccccc3)[C@H]2C1. The van der Waals surface area contributed by atoms with Gasteiger partial charge in [0.1, 0.15) is 5.78 Å². The second kappa shape index (κ2) is 6.12. The summed E-state index contributed by atoms with van der Waals surface area (Å²) in [6, 6.07) is 9.86. The Kier molecular flexibility index (Phi) is 4.22. The molecule has 2 aliphatic rings. The Morgan fingerprint density at radius 3 is 2.76 bits per heavy atom. The molecule has 2 saturated carbocycles. The summed E-state index contributed by atoms with van der Waals surface area (Å²) >= 11 is 0. The van der Waals surface area contributed by atoms with Crippen molar-refractivity contribution in [3.05, 3.63) is 48.0 Å². The van der Waals surface area contributed by atoms with Crippen LogP contribution in [0.25, 0.3) is 0 Å². The molecule has 3 heteroatoms. The van der Waals surface area contributed by atoms with Crippen LogP contribution in [0.1, 0.15) is 24.8 Å². The van der Waals surface area contributed by atoms with Crippen molar-refractivity contribution in [3.8, 4) is 0 Å². The minimum atomic E-state index is -0.546. The smallest absolute Gasteiger partial charge is 0.133 e. The first-order valence-corrected chi connectivity index (χ1v) is 7.73. The van der Waals surface area contributed by atoms with E-state index in [4.69, 9.17) is 0 Å². The van der Waals surface area contributed by atoms with Crippen molar-refractivity contribution in [3.63, 3.8) is 0 Å². The van der Waals surface area contributed by atoms with Gasteiger partial charge < -0.3 is 10.2 Å². The van der Waals surface area contributed by atoms with Crippen molar-refractivity contribution < 1.29 is 15.0 Å². The molecule has 3 nitrogen and oxygen atoms in total. The summed E-state index contributed by atoms with van der Waals surface area (Å²) < 4.78 is 0. The third-order valence-corrected chi connectivity index (χ3v) is 4.88. The molecule has 1 unspecified atom stereocenters. The highest BCUT2D eigenvalue weighted by molar-refractivity contribution is 5.81. The van der Waals surface area contributed by atoms with Gasteiger partial charge in [-0.1, -0.05) is 42.5 Å². The van der Waals surface area contributed by atoms with Crippen LogP contribution in [-0.2, 0) is 11.2 Å². The molecule has 5 atom stereocenters. The van der Waals surface area contributed by atoms with Gasteiger partial charge in [0, 0.05) is 25.2 Å². The normalized spacial score (nSPS) is 33.5. The van der Waals surface area contributed by atoms with Crippen LogP contribution < -0.4 is 0 Å². The number of hydrogen-bond acceptors (Lipinski definition) is 3. The maximum absolute atomic E-state index is 11.5. The van der Waals surface area contributed by atoms with E-state index in [1.807, 2.05) is 36.4 Å². The summed E-state index contributed by atoms with van der Waals surface area (Å²) in [7, 11) is 0. The summed E-state index contributed by atoms with van der Waals surface area (Å²) in [4.78, 5) is 11.5. The van der Waals surface area contributed by atoms with Crippen LogP contribution in [0.15, 0.2) is 42.5 Å². The maximum Gasteiger partial charge on any atom is 0.133 e. The van der Waals surface area contributed by atoms with Gasteiger partial charge in [-0.15, -0.1) is 0 Å². The first kappa shape index (κ1) is 14.5. The fourth-order valence-electron chi connectivity index (χ4n) is 3.87. The van der Waals surface area contributed by atoms with Crippen LogP contribution in [0.3, 0.4) is 0 Å². The van der Waals surface area contributed by atoms with Crippen LogP contribution in [0.5, 0.6) is 0 Å². The van der Waals surface area contributed by atoms with Crippen LogP contribution in [0.2, 0.25) is 0 Å². The largest absolute Gasteiger partial charge is 0.392 e. The topological polar surface area (TPSA) is 57.5 Å². The molecular formula is C18H22O3. The Labute approximate surface area is 125 Å². The lowest BCUT2D eigenvalue weighted by Crippen LogP contribution is -2.18. The van der Waals surface area contributed by atoms with Crippen molar-refractivity contribution in [2.75, 3.05) is 0 Å². The summed E-state index contributed by atoms with van der Waals surface area (Å²) in [5.41, 5.74) is 1.09. The highest BCUT2D eigenvalue weighted by Gasteiger charge is 2.46. The molecule has 112 valence electrons. The first-order valence-electron chi connectivity index (χ1n) is 7.73. The predicted octanol–water partition coefficient (Wildman–Crippen LogP) is 2.12. The summed E-state index contributed by atoms with van der Waals surface area (Å²) in [5, 5.41) is 20.2. The number of carbonyl (C=O) groups excluding carboxylic acids is 1. The van der Waals surface area contributed by atoms with Crippen molar-refractivity contribution in [2.24, 2.45) is 17.8 Å². The van der Waals surface area contributed by atoms with Gasteiger partial charge in [-0.05, 0) is 23.8 Å². The highest BCUT2D eigenvalue weighted by atomic mass is 16.3. The molecule has 2 fully saturated rings. The van der Waals surface area contributed by atoms with Crippen LogP contribution >= 0.6 is 0 Å². The average molecular weight is 286 g/mol. The highest BCUT2D eigenvalue weighted by Crippen LogP contribution is 2.46. The molecule has 3 rings (SSSR count). The van der Waals surface area contributed by atoms with Gasteiger partial charge in [-0.2, -0.15) is 0 Å². The van der Waals surface area contributed by atoms with Crippen molar-refractivity contribution >= 4 is 5.78 Å². The van der Waals surface area contributed by atoms with Gasteiger partial charge in [-0.3, -0.25) is 4.79 Å². The Morgan fingerprint density at radius 1 is 1.24 bits per heavy atom. The first-order chi connectivity index (χ1) is 10.1. The van der Waals surface area contributed by atoms with E-state index in [1.54, 1.807) is 6.08 Å². The fourth-order valence-corrected chi connectivity index (χ4v) is 3.87. The lowest BCUT2D eigenvalue weighted by molar-refractivity contribution is -0.118. The van der Waals surface area contributed by atoms with E-state index in [0.717, 1.165) is 12.0 Å². The molecule has 1 aromatic rings. The Morgan fingerprint density at radius 2 is 2.00 bits per heavy atom. The van der Waals surface area contributed by atoms with Gasteiger partial charge in [-0.25, -0.2) is 0 Å². The van der Waals surface area contributed by atoms with Gasteiger partial charge in [0.15, 0.2) is 0 Å². The number of rotatable bonds is 4. The summed E-state index contributed by atoms with van der Waals surface area (Å²) in [6.45, 7) is 0. The molecule has 0 heterocycles. The zero-order valence-corrected chi connectivity index (χ0v) is 12.1. The second-order valence-electron chi connectivity index (χ2n) is 6.39. The van der Waals surface area contributed by atoms with Gasteiger partial charge in [0.2, 0.25) is 0 Å². The standard InChI is InChI=1S/C18H22O3/c19-14(8-12-4-2-1-3-5-12)6-7-16-17-11-15(20)9-13(17)10-18(16)21/h1-7,13-14,16-19,21H,8-11H2/t13-,14?,16+,17-,18+/m0/s1. The number of aliphatic hydroxyl groups is 2. The Balaban J connectivity index is 1.61. The molecule has 0 radical (unpaired) electrons. The van der Waals surface area contributed by atoms with Crippen LogP contribution in [-0.4, -0.2) is 28.2 Å². The van der Waals surface area contributed by atoms with Crippen molar-refractivity contribution in [2.45, 2.75) is 37.9 Å². The molecule has 2 N–H and O–H groups in total. The maximum atomic E-state index is 11.5. The number of hydrogen-bond donors (Lipinski definition) is 2. The number of carbonyl (C=O) groups is 1. The molecule has 21 heavy (non-hydrogen) atoms. The third kappa shape index (κ3) is 3.25. The molecule has 0 aliphatic heterocycles. The van der Waals surface area contributed by atoms with E-state index in [-0.39, 0.29) is 17.9 Å². The number of aliphatic hydroxyl groups excluding tert-OH is 2. The van der Waals surface area contributed by atoms with Gasteiger partial charge >= 0.3 is 0 Å². The van der Waals surface area contributed by atoms with E-state index in [1.165, 1.54) is 0 Å². The van der Waals surface area contributed by atoms with E-state index in [9.17, 15) is 15.0 Å². The number of benzene rings is 1. The predicted molar refractivity (Wildman–Crippen MR) is 80.6 cm³/mol. The molecule has 0 saturated heterocycles. The molecule has 2 aliphatic carbocycles. The minimum Gasteiger partial charge on any atom is -0.392 e. The van der Waals surface area contributed by atoms with Crippen molar-refractivity contribution in [1.29, 1.82) is 0 Å². The molecular weight excluding hydrogens is 264 g/mol. The van der Waals surface area contributed by atoms with E-state index >= 15 is 0 Å². The number of fused-ring (bicyclic) bond motifs is 1. The average Bonchev–Trinajstić information content (AvgIpc) is 2.93. The zero-order chi connectivity index (χ0) is 14.8. The van der Waals surface area contributed by atoms with E-state index in [0.29, 0.717) is 31.0 Å². The fraction of sp³-hybridized carbons (Fsp3) is 0.500. The Hall–Kier alpha value is -1.45. The molecule has 0 amide bonds. The molecule has 0 aromatic heterocycles. The third-order valence-electron chi connectivity index (χ3n) is 4.88. The summed E-state index contributed by atoms with van der Waals surface area (Å²) in [6.07, 6.45) is 5.31. The van der Waals surface area contributed by atoms with Gasteiger partial charge in [0.25, 0.3) is 0 Å². The van der Waals surface area contributed by atoms with E-state index in [2.05, 4.69) is 0 Å². The van der Waals surface area contributed by atoms with Gasteiger partial charge in [0.05, 0.1) is 12.2 Å². The molecule has 0 spiro atoms. The monoisotopic (exact) mass is 286 g/mol. The number of ketones is 1. The lowest BCUT2D eigenvalue weighted by atomic mass is 9.90. The lowest BCUT2D eigenvalue weighted by Gasteiger charge is -2.17. The van der Waals surface area contributed by atoms with Crippen LogP contribution in [0, 0.1) is 17.8 Å². The molecule has 0 bridgehead atoms. The zero-order valence-electron chi connectivity index (χ0n) is 12.1. The second-order valence-corrected chi connectivity index (χ2v) is 6.39. The quantitative estimate of drug-likeness (QED) is 0.834. The minimum absolute atomic E-state index is 0.0203. The molecule has 1 aromatic carbocycles. The van der Waals surface area contributed by atoms with Crippen LogP contribution in [0.4, 0.5) is 0 Å². The van der Waals surface area contributed by atoms with Crippen molar-refractivity contribution in [1.82, 2.24) is 0 Å². The Bertz CT molecular complexity index is 523. The summed E-state index contributed by atoms with van der Waals surface area (Å²) in [5.74, 6) is 0.952. The van der Waals surface area contributed by atoms with E-state index < -0.39 is 6.10 Å². The number of Topliss-reactive ketones (excluding diaryl/α,β-unsaturated/α-hetero) is 1.